The van der Waals surface area contributed by atoms with Gasteiger partial charge in [-0.25, -0.2) is 5.14 Å². The van der Waals surface area contributed by atoms with Crippen LogP contribution in [0.15, 0.2) is 48.5 Å². The molecule has 1 saturated heterocycles. The van der Waals surface area contributed by atoms with Gasteiger partial charge in [-0.05, 0) is 36.5 Å². The molecule has 3 rings (SSSR count). The Morgan fingerprint density at radius 1 is 1.10 bits per heavy atom. The molecule has 1 atom stereocenters. The van der Waals surface area contributed by atoms with E-state index in [1.54, 1.807) is 35.2 Å². The standard InChI is InChI=1S/C20H21F3N2O3S/c21-20(22,23)17-7-3-2-6-16(17)14-9-11-25(12-10-14)19(26)13-15-5-1-4-8-18(15)28-29(24)27/h1-8,14H,9-13,24H2. The number of amides is 1. The van der Waals surface area contributed by atoms with Crippen molar-refractivity contribution in [2.45, 2.75) is 31.4 Å². The highest BCUT2D eigenvalue weighted by molar-refractivity contribution is 7.78. The number of benzene rings is 2. The first-order chi connectivity index (χ1) is 13.8. The van der Waals surface area contributed by atoms with Crippen LogP contribution in [0.5, 0.6) is 5.75 Å². The van der Waals surface area contributed by atoms with Gasteiger partial charge < -0.3 is 9.08 Å². The number of nitrogens with two attached hydrogens (primary N) is 1. The highest BCUT2D eigenvalue weighted by Gasteiger charge is 2.36. The number of alkyl halides is 3. The fourth-order valence-electron chi connectivity index (χ4n) is 3.65. The maximum absolute atomic E-state index is 13.3. The molecule has 0 saturated carbocycles. The number of rotatable bonds is 5. The van der Waals surface area contributed by atoms with E-state index in [2.05, 4.69) is 0 Å². The van der Waals surface area contributed by atoms with Gasteiger partial charge in [-0.2, -0.15) is 17.4 Å². The predicted molar refractivity (Wildman–Crippen MR) is 103 cm³/mol. The molecule has 1 heterocycles. The molecule has 1 aliphatic heterocycles. The van der Waals surface area contributed by atoms with Crippen LogP contribution < -0.4 is 9.32 Å². The van der Waals surface area contributed by atoms with Crippen molar-refractivity contribution < 1.29 is 26.4 Å². The Hall–Kier alpha value is -2.39. The summed E-state index contributed by atoms with van der Waals surface area (Å²) in [7, 11) is 0. The highest BCUT2D eigenvalue weighted by Crippen LogP contribution is 2.38. The number of hydrogen-bond acceptors (Lipinski definition) is 3. The third kappa shape index (κ3) is 5.36. The molecule has 2 aromatic carbocycles. The Kier molecular flexibility index (Phi) is 6.59. The summed E-state index contributed by atoms with van der Waals surface area (Å²) < 4.78 is 56.0. The molecule has 0 aliphatic carbocycles. The lowest BCUT2D eigenvalue weighted by atomic mass is 9.86. The van der Waals surface area contributed by atoms with E-state index in [4.69, 9.17) is 9.32 Å². The van der Waals surface area contributed by atoms with Gasteiger partial charge in [-0.1, -0.05) is 36.4 Å². The molecule has 9 heteroatoms. The molecule has 2 N–H and O–H groups in total. The molecule has 2 aromatic rings. The zero-order valence-corrected chi connectivity index (χ0v) is 16.3. The first kappa shape index (κ1) is 21.3. The van der Waals surface area contributed by atoms with E-state index in [1.165, 1.54) is 12.1 Å². The molecule has 0 aromatic heterocycles. The van der Waals surface area contributed by atoms with Gasteiger partial charge in [0.25, 0.3) is 11.3 Å². The second-order valence-corrected chi connectivity index (χ2v) is 7.56. The van der Waals surface area contributed by atoms with Gasteiger partial charge in [0, 0.05) is 18.7 Å². The van der Waals surface area contributed by atoms with E-state index in [9.17, 15) is 22.2 Å². The Labute approximate surface area is 169 Å². The summed E-state index contributed by atoms with van der Waals surface area (Å²) in [6.07, 6.45) is -3.43. The minimum Gasteiger partial charge on any atom is -0.389 e. The molecule has 29 heavy (non-hydrogen) atoms. The van der Waals surface area contributed by atoms with Crippen molar-refractivity contribution >= 4 is 17.2 Å². The van der Waals surface area contributed by atoms with Crippen LogP contribution in [0.4, 0.5) is 13.2 Å². The summed E-state index contributed by atoms with van der Waals surface area (Å²) in [5.74, 6) is -0.130. The van der Waals surface area contributed by atoms with Crippen LogP contribution in [0.3, 0.4) is 0 Å². The summed E-state index contributed by atoms with van der Waals surface area (Å²) in [6, 6.07) is 12.3. The van der Waals surface area contributed by atoms with Crippen LogP contribution in [-0.4, -0.2) is 28.1 Å². The lowest BCUT2D eigenvalue weighted by Gasteiger charge is -2.33. The van der Waals surface area contributed by atoms with Gasteiger partial charge >= 0.3 is 6.18 Å². The quantitative estimate of drug-likeness (QED) is 0.795. The number of carbonyl (C=O) groups excluding carboxylic acids is 1. The van der Waals surface area contributed by atoms with Crippen LogP contribution >= 0.6 is 0 Å². The fraction of sp³-hybridized carbons (Fsp3) is 0.350. The molecule has 156 valence electrons. The van der Waals surface area contributed by atoms with Gasteiger partial charge in [0.2, 0.25) is 5.91 Å². The third-order valence-electron chi connectivity index (χ3n) is 5.04. The Morgan fingerprint density at radius 3 is 2.38 bits per heavy atom. The monoisotopic (exact) mass is 426 g/mol. The lowest BCUT2D eigenvalue weighted by molar-refractivity contribution is -0.139. The van der Waals surface area contributed by atoms with Crippen LogP contribution in [0.1, 0.15) is 35.4 Å². The van der Waals surface area contributed by atoms with Crippen LogP contribution in [-0.2, 0) is 28.7 Å². The number of nitrogens with zero attached hydrogens (tertiary/aromatic N) is 1. The second-order valence-electron chi connectivity index (χ2n) is 6.87. The van der Waals surface area contributed by atoms with Gasteiger partial charge in [0.15, 0.2) is 0 Å². The maximum Gasteiger partial charge on any atom is 0.416 e. The molecule has 1 amide bonds. The molecule has 0 bridgehead atoms. The Morgan fingerprint density at radius 2 is 1.72 bits per heavy atom. The van der Waals surface area contributed by atoms with E-state index in [-0.39, 0.29) is 29.6 Å². The molecule has 0 radical (unpaired) electrons. The zero-order valence-electron chi connectivity index (χ0n) is 15.5. The molecule has 1 unspecified atom stereocenters. The Balaban J connectivity index is 1.65. The van der Waals surface area contributed by atoms with Crippen molar-refractivity contribution in [2.24, 2.45) is 5.14 Å². The summed E-state index contributed by atoms with van der Waals surface area (Å²) in [6.45, 7) is 0.753. The van der Waals surface area contributed by atoms with Crippen LogP contribution in [0.25, 0.3) is 0 Å². The number of para-hydroxylation sites is 1. The van der Waals surface area contributed by atoms with Crippen molar-refractivity contribution in [1.82, 2.24) is 4.90 Å². The van der Waals surface area contributed by atoms with E-state index >= 15 is 0 Å². The third-order valence-corrected chi connectivity index (χ3v) is 5.38. The van der Waals surface area contributed by atoms with Crippen molar-refractivity contribution in [3.05, 3.63) is 65.2 Å². The molecule has 1 fully saturated rings. The minimum atomic E-state index is -4.39. The number of hydrogen-bond donors (Lipinski definition) is 1. The summed E-state index contributed by atoms with van der Waals surface area (Å²) in [4.78, 5) is 14.3. The number of carbonyl (C=O) groups is 1. The van der Waals surface area contributed by atoms with Gasteiger partial charge in [0.1, 0.15) is 5.75 Å². The first-order valence-corrected chi connectivity index (χ1v) is 10.3. The lowest BCUT2D eigenvalue weighted by Crippen LogP contribution is -2.39. The molecule has 0 spiro atoms. The largest absolute Gasteiger partial charge is 0.416 e. The van der Waals surface area contributed by atoms with Crippen molar-refractivity contribution in [3.8, 4) is 5.75 Å². The van der Waals surface area contributed by atoms with Crippen LogP contribution in [0.2, 0.25) is 0 Å². The average Bonchev–Trinajstić information content (AvgIpc) is 2.68. The number of piperidine rings is 1. The van der Waals surface area contributed by atoms with E-state index < -0.39 is 23.0 Å². The molecule has 1 aliphatic rings. The minimum absolute atomic E-state index is 0.0389. The predicted octanol–water partition coefficient (Wildman–Crippen LogP) is 3.57. The average molecular weight is 426 g/mol. The maximum atomic E-state index is 13.3. The van der Waals surface area contributed by atoms with Crippen LogP contribution in [0, 0.1) is 0 Å². The normalized spacial score (nSPS) is 16.5. The van der Waals surface area contributed by atoms with Crippen molar-refractivity contribution in [2.75, 3.05) is 13.1 Å². The van der Waals surface area contributed by atoms with Crippen molar-refractivity contribution in [3.63, 3.8) is 0 Å². The highest BCUT2D eigenvalue weighted by atomic mass is 32.2. The summed E-state index contributed by atoms with van der Waals surface area (Å²) in [5, 5.41) is 5.15. The second kappa shape index (κ2) is 8.96. The fourth-order valence-corrected chi connectivity index (χ4v) is 3.99. The van der Waals surface area contributed by atoms with Gasteiger partial charge in [-0.3, -0.25) is 4.79 Å². The summed E-state index contributed by atoms with van der Waals surface area (Å²) in [5.41, 5.74) is 0.239. The number of halogens is 3. The zero-order chi connectivity index (χ0) is 21.0. The van der Waals surface area contributed by atoms with Gasteiger partial charge in [-0.15, -0.1) is 0 Å². The SMILES string of the molecule is NS(=O)Oc1ccccc1CC(=O)N1CCC(c2ccccc2C(F)(F)F)CC1. The van der Waals surface area contributed by atoms with Crippen molar-refractivity contribution in [1.29, 1.82) is 0 Å². The Bertz CT molecular complexity index is 897. The number of likely N-dealkylation sites (tertiary alicyclic amines) is 1. The van der Waals surface area contributed by atoms with E-state index in [1.807, 2.05) is 0 Å². The molecule has 5 nitrogen and oxygen atoms in total. The van der Waals surface area contributed by atoms with E-state index in [0.29, 0.717) is 31.5 Å². The first-order valence-electron chi connectivity index (χ1n) is 9.12. The smallest absolute Gasteiger partial charge is 0.389 e. The van der Waals surface area contributed by atoms with E-state index in [0.717, 1.165) is 6.07 Å². The molecular formula is C20H21F3N2O3S. The van der Waals surface area contributed by atoms with Gasteiger partial charge in [0.05, 0.1) is 12.0 Å². The topological polar surface area (TPSA) is 72.6 Å². The summed E-state index contributed by atoms with van der Waals surface area (Å²) >= 11 is -2.00. The molecular weight excluding hydrogens is 405 g/mol.